The first-order valence-corrected chi connectivity index (χ1v) is 5.58. The van der Waals surface area contributed by atoms with Crippen molar-refractivity contribution in [2.24, 2.45) is 5.92 Å². The van der Waals surface area contributed by atoms with E-state index in [-0.39, 0.29) is 11.8 Å². The van der Waals surface area contributed by atoms with Gasteiger partial charge in [-0.25, -0.2) is 0 Å². The van der Waals surface area contributed by atoms with E-state index in [0.717, 1.165) is 5.56 Å². The quantitative estimate of drug-likeness (QED) is 0.823. The van der Waals surface area contributed by atoms with Crippen molar-refractivity contribution in [1.82, 2.24) is 4.90 Å². The molecule has 0 radical (unpaired) electrons. The van der Waals surface area contributed by atoms with Crippen LogP contribution in [0.25, 0.3) is 0 Å². The topological polar surface area (TPSA) is 40.5 Å². The van der Waals surface area contributed by atoms with Gasteiger partial charge < -0.3 is 10.0 Å². The predicted molar refractivity (Wildman–Crippen MR) is 61.4 cm³/mol. The van der Waals surface area contributed by atoms with E-state index in [9.17, 15) is 9.90 Å². The van der Waals surface area contributed by atoms with Crippen LogP contribution in [0.4, 0.5) is 0 Å². The molecule has 0 saturated carbocycles. The van der Waals surface area contributed by atoms with E-state index in [2.05, 4.69) is 0 Å². The van der Waals surface area contributed by atoms with Crippen LogP contribution in [-0.2, 0) is 11.3 Å². The molecule has 1 fully saturated rings. The van der Waals surface area contributed by atoms with E-state index >= 15 is 0 Å². The molecule has 16 heavy (non-hydrogen) atoms. The maximum atomic E-state index is 11.9. The van der Waals surface area contributed by atoms with Gasteiger partial charge in [0.25, 0.3) is 0 Å². The Morgan fingerprint density at radius 2 is 2.06 bits per heavy atom. The molecule has 1 aliphatic rings. The molecule has 0 aliphatic carbocycles. The standard InChI is InChI=1S/C13H17NO2/c1-10-8-13(2,16)14(12(10)15)9-11-6-4-3-5-7-11/h3-7,10,16H,8-9H2,1-2H3/t10-,13?/m0/s1. The zero-order valence-corrected chi connectivity index (χ0v) is 9.68. The fourth-order valence-corrected chi connectivity index (χ4v) is 2.30. The third-order valence-corrected chi connectivity index (χ3v) is 3.15. The van der Waals surface area contributed by atoms with Gasteiger partial charge in [-0.15, -0.1) is 0 Å². The van der Waals surface area contributed by atoms with Crippen LogP contribution in [0.15, 0.2) is 30.3 Å². The first kappa shape index (κ1) is 11.1. The van der Waals surface area contributed by atoms with Gasteiger partial charge in [-0.3, -0.25) is 4.79 Å². The minimum absolute atomic E-state index is 0.0360. The van der Waals surface area contributed by atoms with Crippen molar-refractivity contribution in [2.75, 3.05) is 0 Å². The third-order valence-electron chi connectivity index (χ3n) is 3.15. The van der Waals surface area contributed by atoms with Crippen molar-refractivity contribution in [3.63, 3.8) is 0 Å². The van der Waals surface area contributed by atoms with Crippen molar-refractivity contribution in [3.05, 3.63) is 35.9 Å². The summed E-state index contributed by atoms with van der Waals surface area (Å²) in [5, 5.41) is 10.2. The summed E-state index contributed by atoms with van der Waals surface area (Å²) < 4.78 is 0. The Bertz CT molecular complexity index is 386. The molecular formula is C13H17NO2. The Kier molecular flexibility index (Phi) is 2.72. The van der Waals surface area contributed by atoms with Crippen LogP contribution in [0.2, 0.25) is 0 Å². The lowest BCUT2D eigenvalue weighted by Gasteiger charge is -2.30. The lowest BCUT2D eigenvalue weighted by molar-refractivity contribution is -0.144. The highest BCUT2D eigenvalue weighted by Crippen LogP contribution is 2.32. The van der Waals surface area contributed by atoms with Crippen LogP contribution >= 0.6 is 0 Å². The van der Waals surface area contributed by atoms with Crippen LogP contribution in [0.5, 0.6) is 0 Å². The van der Waals surface area contributed by atoms with Gasteiger partial charge in [-0.1, -0.05) is 37.3 Å². The van der Waals surface area contributed by atoms with Gasteiger partial charge in [0.05, 0.1) is 0 Å². The van der Waals surface area contributed by atoms with Gasteiger partial charge in [0.1, 0.15) is 5.72 Å². The second kappa shape index (κ2) is 3.91. The van der Waals surface area contributed by atoms with Crippen molar-refractivity contribution in [2.45, 2.75) is 32.5 Å². The van der Waals surface area contributed by atoms with Gasteiger partial charge in [-0.05, 0) is 12.5 Å². The molecule has 1 saturated heterocycles. The molecule has 1 unspecified atom stereocenters. The first-order valence-electron chi connectivity index (χ1n) is 5.58. The van der Waals surface area contributed by atoms with E-state index in [1.807, 2.05) is 37.3 Å². The molecular weight excluding hydrogens is 202 g/mol. The number of carbonyl (C=O) groups is 1. The molecule has 0 aromatic heterocycles. The molecule has 1 N–H and O–H groups in total. The second-order valence-corrected chi connectivity index (χ2v) is 4.73. The Morgan fingerprint density at radius 1 is 1.44 bits per heavy atom. The summed E-state index contributed by atoms with van der Waals surface area (Å²) in [4.78, 5) is 13.5. The molecule has 2 rings (SSSR count). The Balaban J connectivity index is 2.18. The summed E-state index contributed by atoms with van der Waals surface area (Å²) in [6, 6.07) is 9.75. The lowest BCUT2D eigenvalue weighted by Crippen LogP contribution is -2.42. The van der Waals surface area contributed by atoms with Crippen LogP contribution in [0.1, 0.15) is 25.8 Å². The summed E-state index contributed by atoms with van der Waals surface area (Å²) in [5.41, 5.74) is 0.0389. The highest BCUT2D eigenvalue weighted by atomic mass is 16.3. The third kappa shape index (κ3) is 1.95. The van der Waals surface area contributed by atoms with Crippen molar-refractivity contribution in [3.8, 4) is 0 Å². The SMILES string of the molecule is C[C@H]1CC(C)(O)N(Cc2ccccc2)C1=O. The maximum Gasteiger partial charge on any atom is 0.228 e. The maximum absolute atomic E-state index is 11.9. The van der Waals surface area contributed by atoms with Crippen LogP contribution < -0.4 is 0 Å². The van der Waals surface area contributed by atoms with Crippen LogP contribution in [0, 0.1) is 5.92 Å². The summed E-state index contributed by atoms with van der Waals surface area (Å²) in [5.74, 6) is -0.0486. The molecule has 0 spiro atoms. The fraction of sp³-hybridized carbons (Fsp3) is 0.462. The number of rotatable bonds is 2. The van der Waals surface area contributed by atoms with Gasteiger partial charge in [0.2, 0.25) is 5.91 Å². The average molecular weight is 219 g/mol. The molecule has 3 heteroatoms. The molecule has 2 atom stereocenters. The van der Waals surface area contributed by atoms with Gasteiger partial charge in [0.15, 0.2) is 0 Å². The first-order chi connectivity index (χ1) is 7.50. The Hall–Kier alpha value is -1.35. The largest absolute Gasteiger partial charge is 0.371 e. The average Bonchev–Trinajstić information content (AvgIpc) is 2.42. The summed E-state index contributed by atoms with van der Waals surface area (Å²) in [6.45, 7) is 4.05. The number of hydrogen-bond acceptors (Lipinski definition) is 2. The minimum atomic E-state index is -1.01. The number of hydrogen-bond donors (Lipinski definition) is 1. The van der Waals surface area contributed by atoms with Gasteiger partial charge >= 0.3 is 0 Å². The van der Waals surface area contributed by atoms with E-state index in [0.29, 0.717) is 13.0 Å². The monoisotopic (exact) mass is 219 g/mol. The molecule has 86 valence electrons. The number of amides is 1. The van der Waals surface area contributed by atoms with Gasteiger partial charge in [-0.2, -0.15) is 0 Å². The van der Waals surface area contributed by atoms with E-state index in [4.69, 9.17) is 0 Å². The Morgan fingerprint density at radius 3 is 2.56 bits per heavy atom. The number of likely N-dealkylation sites (tertiary alicyclic amines) is 1. The second-order valence-electron chi connectivity index (χ2n) is 4.73. The minimum Gasteiger partial charge on any atom is -0.371 e. The van der Waals surface area contributed by atoms with E-state index < -0.39 is 5.72 Å². The normalized spacial score (nSPS) is 29.8. The molecule has 3 nitrogen and oxygen atoms in total. The molecule has 1 heterocycles. The summed E-state index contributed by atoms with van der Waals surface area (Å²) in [7, 11) is 0. The van der Waals surface area contributed by atoms with Gasteiger partial charge in [0, 0.05) is 18.9 Å². The molecule has 1 aliphatic heterocycles. The zero-order valence-electron chi connectivity index (χ0n) is 9.68. The molecule has 0 bridgehead atoms. The molecule has 1 amide bonds. The molecule has 1 aromatic carbocycles. The Labute approximate surface area is 95.7 Å². The van der Waals surface area contributed by atoms with Crippen molar-refractivity contribution in [1.29, 1.82) is 0 Å². The summed E-state index contributed by atoms with van der Waals surface area (Å²) >= 11 is 0. The van der Waals surface area contributed by atoms with Crippen molar-refractivity contribution < 1.29 is 9.90 Å². The van der Waals surface area contributed by atoms with E-state index in [1.54, 1.807) is 11.8 Å². The van der Waals surface area contributed by atoms with Crippen molar-refractivity contribution >= 4 is 5.91 Å². The zero-order chi connectivity index (χ0) is 11.8. The fourth-order valence-electron chi connectivity index (χ4n) is 2.30. The molecule has 1 aromatic rings. The number of aliphatic hydroxyl groups is 1. The predicted octanol–water partition coefficient (Wildman–Crippen LogP) is 1.76. The number of benzene rings is 1. The highest BCUT2D eigenvalue weighted by molar-refractivity contribution is 5.81. The smallest absolute Gasteiger partial charge is 0.228 e. The lowest BCUT2D eigenvalue weighted by atomic mass is 10.1. The number of carbonyl (C=O) groups excluding carboxylic acids is 1. The van der Waals surface area contributed by atoms with E-state index in [1.165, 1.54) is 0 Å². The number of nitrogens with zero attached hydrogens (tertiary/aromatic N) is 1. The summed E-state index contributed by atoms with van der Waals surface area (Å²) in [6.07, 6.45) is 0.513. The van der Waals surface area contributed by atoms with Crippen LogP contribution in [-0.4, -0.2) is 21.6 Å². The van der Waals surface area contributed by atoms with Crippen LogP contribution in [0.3, 0.4) is 0 Å². The highest BCUT2D eigenvalue weighted by Gasteiger charge is 2.44.